The van der Waals surface area contributed by atoms with Crippen molar-refractivity contribution in [2.24, 2.45) is 0 Å². The van der Waals surface area contributed by atoms with Crippen LogP contribution < -0.4 is 5.32 Å². The molecule has 2 rings (SSSR count). The molecular weight excluding hydrogens is 337 g/mol. The van der Waals surface area contributed by atoms with E-state index in [0.29, 0.717) is 11.6 Å². The van der Waals surface area contributed by atoms with Gasteiger partial charge in [-0.2, -0.15) is 5.26 Å². The van der Waals surface area contributed by atoms with Gasteiger partial charge in [0.05, 0.1) is 5.69 Å². The Kier molecular flexibility index (Phi) is 5.66. The Morgan fingerprint density at radius 1 is 1.12 bits per heavy atom. The van der Waals surface area contributed by atoms with Crippen molar-refractivity contribution in [3.8, 4) is 6.07 Å². The van der Waals surface area contributed by atoms with E-state index in [9.17, 15) is 18.0 Å². The Balaban J connectivity index is 2.24. The molecule has 0 saturated heterocycles. The molecule has 3 nitrogen and oxygen atoms in total. The minimum atomic E-state index is -1.69. The van der Waals surface area contributed by atoms with Crippen LogP contribution in [-0.2, 0) is 4.79 Å². The fourth-order valence-electron chi connectivity index (χ4n) is 1.83. The second-order valence-electron chi connectivity index (χ2n) is 4.62. The Labute approximate surface area is 140 Å². The van der Waals surface area contributed by atoms with Gasteiger partial charge < -0.3 is 5.32 Å². The van der Waals surface area contributed by atoms with E-state index >= 15 is 0 Å². The van der Waals surface area contributed by atoms with Gasteiger partial charge in [-0.3, -0.25) is 4.79 Å². The van der Waals surface area contributed by atoms with Crippen molar-refractivity contribution in [1.29, 1.82) is 5.26 Å². The molecule has 0 bridgehead atoms. The predicted octanol–water partition coefficient (Wildman–Crippen LogP) is 4.37. The maximum atomic E-state index is 13.6. The summed E-state index contributed by atoms with van der Waals surface area (Å²) in [5.74, 6) is -5.50. The first kappa shape index (κ1) is 17.6. The molecule has 0 saturated carbocycles. The SMILES string of the molecule is CSc1ccc(C=C(C#N)C(=O)Nc2ccc(F)c(F)c2F)cc1. The Morgan fingerprint density at radius 3 is 2.38 bits per heavy atom. The molecule has 0 aromatic heterocycles. The highest BCUT2D eigenvalue weighted by Gasteiger charge is 2.17. The van der Waals surface area contributed by atoms with Gasteiger partial charge >= 0.3 is 0 Å². The lowest BCUT2D eigenvalue weighted by Gasteiger charge is -2.06. The fraction of sp³-hybridized carbons (Fsp3) is 0.0588. The zero-order chi connectivity index (χ0) is 17.7. The summed E-state index contributed by atoms with van der Waals surface area (Å²) in [5, 5.41) is 11.2. The number of nitrogens with zero attached hydrogens (tertiary/aromatic N) is 1. The highest BCUT2D eigenvalue weighted by Crippen LogP contribution is 2.21. The normalized spacial score (nSPS) is 11.0. The topological polar surface area (TPSA) is 52.9 Å². The molecule has 0 aliphatic carbocycles. The average Bonchev–Trinajstić information content (AvgIpc) is 2.60. The van der Waals surface area contributed by atoms with Crippen LogP contribution in [0, 0.1) is 28.8 Å². The molecule has 0 aliphatic heterocycles. The first-order valence-corrected chi connectivity index (χ1v) is 7.89. The third-order valence-electron chi connectivity index (χ3n) is 3.08. The van der Waals surface area contributed by atoms with Crippen molar-refractivity contribution < 1.29 is 18.0 Å². The van der Waals surface area contributed by atoms with Crippen LogP contribution in [0.5, 0.6) is 0 Å². The highest BCUT2D eigenvalue weighted by molar-refractivity contribution is 7.98. The number of carbonyl (C=O) groups is 1. The summed E-state index contributed by atoms with van der Waals surface area (Å²) in [5.41, 5.74) is -0.237. The number of carbonyl (C=O) groups excluding carboxylic acids is 1. The number of amides is 1. The largest absolute Gasteiger partial charge is 0.319 e. The number of nitrogens with one attached hydrogen (secondary N) is 1. The van der Waals surface area contributed by atoms with Crippen LogP contribution in [0.3, 0.4) is 0 Å². The molecular formula is C17H11F3N2OS. The molecule has 0 atom stereocenters. The Bertz CT molecular complexity index is 842. The van der Waals surface area contributed by atoms with Crippen molar-refractivity contribution in [3.63, 3.8) is 0 Å². The molecule has 0 fully saturated rings. The summed E-state index contributed by atoms with van der Waals surface area (Å²) >= 11 is 1.54. The van der Waals surface area contributed by atoms with Crippen molar-refractivity contribution >= 4 is 29.4 Å². The third-order valence-corrected chi connectivity index (χ3v) is 3.82. The molecule has 2 aromatic rings. The second kappa shape index (κ2) is 7.70. The number of nitriles is 1. The van der Waals surface area contributed by atoms with E-state index in [1.807, 2.05) is 18.4 Å². The van der Waals surface area contributed by atoms with E-state index in [1.54, 1.807) is 30.0 Å². The molecule has 7 heteroatoms. The van der Waals surface area contributed by atoms with Gasteiger partial charge in [-0.25, -0.2) is 13.2 Å². The number of anilines is 1. The lowest BCUT2D eigenvalue weighted by atomic mass is 10.1. The summed E-state index contributed by atoms with van der Waals surface area (Å²) in [7, 11) is 0. The van der Waals surface area contributed by atoms with E-state index in [2.05, 4.69) is 5.32 Å². The van der Waals surface area contributed by atoms with Gasteiger partial charge in [0.15, 0.2) is 17.5 Å². The third kappa shape index (κ3) is 3.97. The summed E-state index contributed by atoms with van der Waals surface area (Å²) in [6.07, 6.45) is 3.23. The van der Waals surface area contributed by atoms with Crippen LogP contribution in [0.2, 0.25) is 0 Å². The van der Waals surface area contributed by atoms with Crippen molar-refractivity contribution in [2.75, 3.05) is 11.6 Å². The van der Waals surface area contributed by atoms with Gasteiger partial charge in [0, 0.05) is 4.90 Å². The molecule has 0 unspecified atom stereocenters. The first-order valence-electron chi connectivity index (χ1n) is 6.67. The van der Waals surface area contributed by atoms with Gasteiger partial charge in [-0.1, -0.05) is 12.1 Å². The quantitative estimate of drug-likeness (QED) is 0.386. The van der Waals surface area contributed by atoms with Crippen molar-refractivity contribution in [2.45, 2.75) is 4.90 Å². The molecule has 1 N–H and O–H groups in total. The molecule has 0 spiro atoms. The van der Waals surface area contributed by atoms with E-state index in [-0.39, 0.29) is 5.57 Å². The summed E-state index contributed by atoms with van der Waals surface area (Å²) in [4.78, 5) is 13.0. The van der Waals surface area contributed by atoms with Crippen molar-refractivity contribution in [3.05, 3.63) is 65.0 Å². The van der Waals surface area contributed by atoms with Crippen LogP contribution in [0.25, 0.3) is 6.08 Å². The smallest absolute Gasteiger partial charge is 0.266 e. The fourth-order valence-corrected chi connectivity index (χ4v) is 2.24. The van der Waals surface area contributed by atoms with Gasteiger partial charge in [-0.15, -0.1) is 11.8 Å². The molecule has 122 valence electrons. The average molecular weight is 348 g/mol. The molecule has 1 amide bonds. The summed E-state index contributed by atoms with van der Waals surface area (Å²) in [6.45, 7) is 0. The minimum absolute atomic E-state index is 0.295. The van der Waals surface area contributed by atoms with Gasteiger partial charge in [-0.05, 0) is 42.2 Å². The number of rotatable bonds is 4. The number of hydrogen-bond donors (Lipinski definition) is 1. The number of halogens is 3. The number of benzene rings is 2. The van der Waals surface area contributed by atoms with E-state index < -0.39 is 29.0 Å². The van der Waals surface area contributed by atoms with Crippen LogP contribution in [0.4, 0.5) is 18.9 Å². The van der Waals surface area contributed by atoms with Crippen LogP contribution in [0.1, 0.15) is 5.56 Å². The van der Waals surface area contributed by atoms with Crippen LogP contribution >= 0.6 is 11.8 Å². The molecule has 0 heterocycles. The summed E-state index contributed by atoms with van der Waals surface area (Å²) in [6, 6.07) is 10.3. The van der Waals surface area contributed by atoms with Gasteiger partial charge in [0.2, 0.25) is 0 Å². The van der Waals surface area contributed by atoms with Crippen LogP contribution in [0.15, 0.2) is 46.9 Å². The minimum Gasteiger partial charge on any atom is -0.319 e. The summed E-state index contributed by atoms with van der Waals surface area (Å²) < 4.78 is 39.6. The number of hydrogen-bond acceptors (Lipinski definition) is 3. The van der Waals surface area contributed by atoms with Gasteiger partial charge in [0.25, 0.3) is 5.91 Å². The molecule has 0 aliphatic rings. The van der Waals surface area contributed by atoms with E-state index in [4.69, 9.17) is 5.26 Å². The zero-order valence-corrected chi connectivity index (χ0v) is 13.3. The Hall–Kier alpha value is -2.72. The zero-order valence-electron chi connectivity index (χ0n) is 12.4. The van der Waals surface area contributed by atoms with Gasteiger partial charge in [0.1, 0.15) is 11.6 Å². The lowest BCUT2D eigenvalue weighted by Crippen LogP contribution is -2.15. The molecule has 24 heavy (non-hydrogen) atoms. The van der Waals surface area contributed by atoms with Crippen molar-refractivity contribution in [1.82, 2.24) is 0 Å². The maximum Gasteiger partial charge on any atom is 0.266 e. The standard InChI is InChI=1S/C17H11F3N2OS/c1-24-12-4-2-10(3-5-12)8-11(9-21)17(23)22-14-7-6-13(18)15(19)16(14)20/h2-8H,1H3,(H,22,23). The monoisotopic (exact) mass is 348 g/mol. The second-order valence-corrected chi connectivity index (χ2v) is 5.50. The highest BCUT2D eigenvalue weighted by atomic mass is 32.2. The first-order chi connectivity index (χ1) is 11.5. The predicted molar refractivity (Wildman–Crippen MR) is 86.8 cm³/mol. The maximum absolute atomic E-state index is 13.6. The number of thioether (sulfide) groups is 1. The van der Waals surface area contributed by atoms with E-state index in [0.717, 1.165) is 11.0 Å². The molecule has 0 radical (unpaired) electrons. The van der Waals surface area contributed by atoms with Crippen LogP contribution in [-0.4, -0.2) is 12.2 Å². The lowest BCUT2D eigenvalue weighted by molar-refractivity contribution is -0.112. The van der Waals surface area contributed by atoms with E-state index in [1.165, 1.54) is 6.08 Å². The Morgan fingerprint density at radius 2 is 1.79 bits per heavy atom. The molecule has 2 aromatic carbocycles.